The molecule has 0 radical (unpaired) electrons. The van der Waals surface area contributed by atoms with Crippen molar-refractivity contribution in [1.29, 1.82) is 0 Å². The van der Waals surface area contributed by atoms with Gasteiger partial charge in [0, 0.05) is 10.4 Å². The van der Waals surface area contributed by atoms with Crippen LogP contribution in [0.2, 0.25) is 5.02 Å². The number of nitrogen functional groups attached to an aromatic ring is 1. The molecule has 1 aromatic carbocycles. The monoisotopic (exact) mass is 299 g/mol. The van der Waals surface area contributed by atoms with Crippen molar-refractivity contribution in [3.05, 3.63) is 53.2 Å². The number of benzene rings is 1. The molecule has 0 amide bonds. The molecule has 0 aliphatic carbocycles. The Labute approximate surface area is 125 Å². The summed E-state index contributed by atoms with van der Waals surface area (Å²) in [5.74, 6) is -1.04. The molecule has 21 heavy (non-hydrogen) atoms. The normalized spacial score (nSPS) is 10.7. The van der Waals surface area contributed by atoms with Crippen molar-refractivity contribution in [3.63, 3.8) is 0 Å². The smallest absolute Gasteiger partial charge is 0.336 e. The number of aromatic nitrogens is 2. The Morgan fingerprint density at radius 1 is 1.14 bits per heavy atom. The minimum atomic E-state index is -1.04. The Kier molecular flexibility index (Phi) is 3.19. The molecule has 0 bridgehead atoms. The molecule has 6 heteroatoms. The summed E-state index contributed by atoms with van der Waals surface area (Å²) in [6.07, 6.45) is 1.50. The van der Waals surface area contributed by atoms with Gasteiger partial charge in [-0.25, -0.2) is 9.78 Å². The Morgan fingerprint density at radius 3 is 2.62 bits per heavy atom. The SMILES string of the molecule is Nc1ccc(-c2cc(C(=O)O)c3cc(Cl)ccc3n2)nc1. The summed E-state index contributed by atoms with van der Waals surface area (Å²) in [5, 5.41) is 10.3. The van der Waals surface area contributed by atoms with Crippen LogP contribution < -0.4 is 5.73 Å². The average molecular weight is 300 g/mol. The molecule has 3 rings (SSSR count). The molecule has 3 N–H and O–H groups in total. The maximum absolute atomic E-state index is 11.5. The fourth-order valence-electron chi connectivity index (χ4n) is 2.06. The van der Waals surface area contributed by atoms with E-state index in [1.54, 1.807) is 30.3 Å². The van der Waals surface area contributed by atoms with Gasteiger partial charge in [0.05, 0.1) is 34.4 Å². The maximum Gasteiger partial charge on any atom is 0.336 e. The average Bonchev–Trinajstić information content (AvgIpc) is 2.46. The van der Waals surface area contributed by atoms with E-state index < -0.39 is 5.97 Å². The number of carboxylic acids is 1. The van der Waals surface area contributed by atoms with Crippen molar-refractivity contribution in [1.82, 2.24) is 9.97 Å². The summed E-state index contributed by atoms with van der Waals surface area (Å²) in [4.78, 5) is 20.1. The third-order valence-corrected chi connectivity index (χ3v) is 3.29. The molecule has 0 saturated carbocycles. The number of aromatic carboxylic acids is 1. The minimum Gasteiger partial charge on any atom is -0.478 e. The van der Waals surface area contributed by atoms with Gasteiger partial charge in [0.1, 0.15) is 0 Å². The lowest BCUT2D eigenvalue weighted by molar-refractivity contribution is 0.0699. The summed E-state index contributed by atoms with van der Waals surface area (Å²) in [6, 6.07) is 9.82. The number of halogens is 1. The fourth-order valence-corrected chi connectivity index (χ4v) is 2.24. The van der Waals surface area contributed by atoms with Crippen LogP contribution in [0.15, 0.2) is 42.6 Å². The number of anilines is 1. The first-order chi connectivity index (χ1) is 10.0. The summed E-state index contributed by atoms with van der Waals surface area (Å²) >= 11 is 5.92. The number of nitrogens with two attached hydrogens (primary N) is 1. The lowest BCUT2D eigenvalue weighted by Crippen LogP contribution is -2.01. The predicted octanol–water partition coefficient (Wildman–Crippen LogP) is 3.23. The second kappa shape index (κ2) is 5.03. The maximum atomic E-state index is 11.5. The number of pyridine rings is 2. The van der Waals surface area contributed by atoms with Gasteiger partial charge in [0.25, 0.3) is 0 Å². The summed E-state index contributed by atoms with van der Waals surface area (Å²) < 4.78 is 0. The van der Waals surface area contributed by atoms with E-state index in [1.165, 1.54) is 12.3 Å². The second-order valence-electron chi connectivity index (χ2n) is 4.50. The Morgan fingerprint density at radius 2 is 1.95 bits per heavy atom. The van der Waals surface area contributed by atoms with Crippen LogP contribution in [0.5, 0.6) is 0 Å². The van der Waals surface area contributed by atoms with Crippen LogP contribution in [0, 0.1) is 0 Å². The fraction of sp³-hybridized carbons (Fsp3) is 0. The van der Waals surface area contributed by atoms with Crippen LogP contribution in [0.3, 0.4) is 0 Å². The highest BCUT2D eigenvalue weighted by molar-refractivity contribution is 6.31. The molecule has 2 heterocycles. The van der Waals surface area contributed by atoms with Crippen LogP contribution in [-0.2, 0) is 0 Å². The number of fused-ring (bicyclic) bond motifs is 1. The lowest BCUT2D eigenvalue weighted by Gasteiger charge is -2.07. The Bertz CT molecular complexity index is 847. The molecule has 2 aromatic heterocycles. The van der Waals surface area contributed by atoms with Crippen molar-refractivity contribution in [2.75, 3.05) is 5.73 Å². The quantitative estimate of drug-likeness (QED) is 0.758. The molecule has 0 saturated heterocycles. The number of hydrogen-bond acceptors (Lipinski definition) is 4. The molecular weight excluding hydrogens is 290 g/mol. The topological polar surface area (TPSA) is 89.1 Å². The molecule has 0 atom stereocenters. The molecule has 0 fully saturated rings. The van der Waals surface area contributed by atoms with Crippen molar-refractivity contribution < 1.29 is 9.90 Å². The van der Waals surface area contributed by atoms with E-state index in [9.17, 15) is 9.90 Å². The number of carboxylic acid groups (broad SMARTS) is 1. The van der Waals surface area contributed by atoms with Crippen molar-refractivity contribution in [2.24, 2.45) is 0 Å². The molecule has 0 aliphatic heterocycles. The van der Waals surface area contributed by atoms with E-state index in [4.69, 9.17) is 17.3 Å². The van der Waals surface area contributed by atoms with Crippen LogP contribution >= 0.6 is 11.6 Å². The molecule has 0 unspecified atom stereocenters. The summed E-state index contributed by atoms with van der Waals surface area (Å²) in [7, 11) is 0. The van der Waals surface area contributed by atoms with Crippen molar-refractivity contribution >= 4 is 34.2 Å². The van der Waals surface area contributed by atoms with Gasteiger partial charge in [-0.3, -0.25) is 4.98 Å². The lowest BCUT2D eigenvalue weighted by atomic mass is 10.1. The molecule has 5 nitrogen and oxygen atoms in total. The third kappa shape index (κ3) is 2.51. The zero-order chi connectivity index (χ0) is 15.0. The predicted molar refractivity (Wildman–Crippen MR) is 81.4 cm³/mol. The zero-order valence-electron chi connectivity index (χ0n) is 10.7. The largest absolute Gasteiger partial charge is 0.478 e. The number of nitrogens with zero attached hydrogens (tertiary/aromatic N) is 2. The molecule has 0 aliphatic rings. The third-order valence-electron chi connectivity index (χ3n) is 3.05. The molecular formula is C15H10ClN3O2. The van der Waals surface area contributed by atoms with Gasteiger partial charge in [0.2, 0.25) is 0 Å². The highest BCUT2D eigenvalue weighted by Crippen LogP contribution is 2.26. The first kappa shape index (κ1) is 13.3. The van der Waals surface area contributed by atoms with E-state index in [0.29, 0.717) is 33.0 Å². The molecule has 3 aromatic rings. The van der Waals surface area contributed by atoms with Gasteiger partial charge < -0.3 is 10.8 Å². The number of carbonyl (C=O) groups is 1. The Balaban J connectivity index is 2.28. The van der Waals surface area contributed by atoms with Crippen LogP contribution in [0.1, 0.15) is 10.4 Å². The van der Waals surface area contributed by atoms with Gasteiger partial charge in [-0.1, -0.05) is 11.6 Å². The van der Waals surface area contributed by atoms with Crippen molar-refractivity contribution in [3.8, 4) is 11.4 Å². The van der Waals surface area contributed by atoms with Crippen LogP contribution in [0.4, 0.5) is 5.69 Å². The van der Waals surface area contributed by atoms with E-state index >= 15 is 0 Å². The summed E-state index contributed by atoms with van der Waals surface area (Å²) in [6.45, 7) is 0. The molecule has 104 valence electrons. The van der Waals surface area contributed by atoms with Gasteiger partial charge in [0.15, 0.2) is 0 Å². The van der Waals surface area contributed by atoms with E-state index in [1.807, 2.05) is 0 Å². The molecule has 0 spiro atoms. The van der Waals surface area contributed by atoms with Gasteiger partial charge in [-0.15, -0.1) is 0 Å². The van der Waals surface area contributed by atoms with E-state index in [2.05, 4.69) is 9.97 Å². The van der Waals surface area contributed by atoms with Crippen LogP contribution in [-0.4, -0.2) is 21.0 Å². The Hall–Kier alpha value is -2.66. The van der Waals surface area contributed by atoms with E-state index in [-0.39, 0.29) is 5.56 Å². The van der Waals surface area contributed by atoms with Gasteiger partial charge in [-0.2, -0.15) is 0 Å². The standard InChI is InChI=1S/C15H10ClN3O2/c16-8-1-3-12-10(5-8)11(15(20)21)6-14(19-12)13-4-2-9(17)7-18-13/h1-7H,17H2,(H,20,21). The summed E-state index contributed by atoms with van der Waals surface area (Å²) in [5.41, 5.74) is 7.85. The van der Waals surface area contributed by atoms with Crippen LogP contribution in [0.25, 0.3) is 22.3 Å². The van der Waals surface area contributed by atoms with Crippen molar-refractivity contribution in [2.45, 2.75) is 0 Å². The highest BCUT2D eigenvalue weighted by Gasteiger charge is 2.13. The second-order valence-corrected chi connectivity index (χ2v) is 4.93. The number of hydrogen-bond donors (Lipinski definition) is 2. The first-order valence-electron chi connectivity index (χ1n) is 6.10. The number of rotatable bonds is 2. The first-order valence-corrected chi connectivity index (χ1v) is 6.48. The highest BCUT2D eigenvalue weighted by atomic mass is 35.5. The van der Waals surface area contributed by atoms with E-state index in [0.717, 1.165) is 0 Å². The van der Waals surface area contributed by atoms with Gasteiger partial charge in [-0.05, 0) is 36.4 Å². The van der Waals surface area contributed by atoms with Gasteiger partial charge >= 0.3 is 5.97 Å². The zero-order valence-corrected chi connectivity index (χ0v) is 11.5. The minimum absolute atomic E-state index is 0.135.